The Hall–Kier alpha value is -0.740. The predicted molar refractivity (Wildman–Crippen MR) is 75.9 cm³/mol. The molecule has 1 aromatic carbocycles. The van der Waals surface area contributed by atoms with E-state index in [9.17, 15) is 0 Å². The van der Waals surface area contributed by atoms with Gasteiger partial charge in [-0.15, -0.1) is 10.2 Å². The van der Waals surface area contributed by atoms with Gasteiger partial charge in [0.15, 0.2) is 0 Å². The Bertz CT molecular complexity index is 496. The van der Waals surface area contributed by atoms with Crippen molar-refractivity contribution in [3.63, 3.8) is 0 Å². The van der Waals surface area contributed by atoms with E-state index >= 15 is 0 Å². The highest BCUT2D eigenvalue weighted by atomic mass is 79.9. The summed E-state index contributed by atoms with van der Waals surface area (Å²) in [6.07, 6.45) is 1.92. The molecular formula is C13H15BrN2S. The third-order valence-electron chi connectivity index (χ3n) is 2.71. The summed E-state index contributed by atoms with van der Waals surface area (Å²) in [5.74, 6) is 0. The van der Waals surface area contributed by atoms with Gasteiger partial charge in [0.2, 0.25) is 0 Å². The maximum absolute atomic E-state index is 4.26. The van der Waals surface area contributed by atoms with Crippen LogP contribution in [0.1, 0.15) is 39.3 Å². The van der Waals surface area contributed by atoms with Crippen molar-refractivity contribution >= 4 is 27.3 Å². The molecule has 1 heterocycles. The first-order valence-corrected chi connectivity index (χ1v) is 7.44. The van der Waals surface area contributed by atoms with Crippen LogP contribution in [-0.2, 0) is 6.42 Å². The second-order valence-electron chi connectivity index (χ2n) is 4.01. The van der Waals surface area contributed by atoms with Gasteiger partial charge in [-0.3, -0.25) is 0 Å². The van der Waals surface area contributed by atoms with Crippen LogP contribution in [0, 0.1) is 6.92 Å². The first-order chi connectivity index (χ1) is 8.20. The number of halogens is 1. The number of alkyl halides is 1. The zero-order valence-electron chi connectivity index (χ0n) is 9.98. The molecule has 0 N–H and O–H groups in total. The van der Waals surface area contributed by atoms with Crippen LogP contribution in [0.4, 0.5) is 0 Å². The van der Waals surface area contributed by atoms with E-state index in [4.69, 9.17) is 0 Å². The van der Waals surface area contributed by atoms with Crippen LogP contribution in [0.25, 0.3) is 0 Å². The number of benzene rings is 1. The second-order valence-corrected chi connectivity index (χ2v) is 6.21. The summed E-state index contributed by atoms with van der Waals surface area (Å²) in [7, 11) is 0. The van der Waals surface area contributed by atoms with Crippen molar-refractivity contribution in [2.24, 2.45) is 0 Å². The smallest absolute Gasteiger partial charge is 0.131 e. The molecule has 0 saturated heterocycles. The van der Waals surface area contributed by atoms with E-state index in [-0.39, 0.29) is 0 Å². The number of hydrogen-bond donors (Lipinski definition) is 0. The number of aromatic nitrogens is 2. The lowest BCUT2D eigenvalue weighted by Crippen LogP contribution is -1.90. The highest BCUT2D eigenvalue weighted by Crippen LogP contribution is 2.29. The van der Waals surface area contributed by atoms with E-state index in [0.29, 0.717) is 4.83 Å². The molecule has 0 fully saturated rings. The highest BCUT2D eigenvalue weighted by molar-refractivity contribution is 9.09. The summed E-state index contributed by atoms with van der Waals surface area (Å²) in [5.41, 5.74) is 2.65. The highest BCUT2D eigenvalue weighted by Gasteiger charge is 2.12. The zero-order valence-corrected chi connectivity index (χ0v) is 12.4. The Kier molecular flexibility index (Phi) is 4.29. The van der Waals surface area contributed by atoms with Gasteiger partial charge in [0.1, 0.15) is 10.0 Å². The summed E-state index contributed by atoms with van der Waals surface area (Å²) in [6.45, 7) is 4.28. The largest absolute Gasteiger partial charge is 0.143 e. The van der Waals surface area contributed by atoms with E-state index in [1.165, 1.54) is 11.1 Å². The summed E-state index contributed by atoms with van der Waals surface area (Å²) in [5, 5.41) is 10.7. The third kappa shape index (κ3) is 3.13. The van der Waals surface area contributed by atoms with Gasteiger partial charge < -0.3 is 0 Å². The monoisotopic (exact) mass is 310 g/mol. The molecule has 90 valence electrons. The fourth-order valence-corrected chi connectivity index (χ4v) is 2.91. The number of rotatable bonds is 4. The van der Waals surface area contributed by atoms with E-state index in [0.717, 1.165) is 22.9 Å². The van der Waals surface area contributed by atoms with E-state index in [1.54, 1.807) is 11.3 Å². The van der Waals surface area contributed by atoms with Crippen LogP contribution < -0.4 is 0 Å². The topological polar surface area (TPSA) is 25.8 Å². The fourth-order valence-electron chi connectivity index (χ4n) is 1.61. The maximum atomic E-state index is 4.26. The molecule has 17 heavy (non-hydrogen) atoms. The molecule has 4 heteroatoms. The van der Waals surface area contributed by atoms with Gasteiger partial charge in [-0.1, -0.05) is 58.5 Å². The first-order valence-electron chi connectivity index (χ1n) is 5.71. The average molecular weight is 311 g/mol. The van der Waals surface area contributed by atoms with Crippen molar-refractivity contribution < 1.29 is 0 Å². The predicted octanol–water partition coefficient (Wildman–Crippen LogP) is 4.28. The standard InChI is InChI=1S/C13H15BrN2S/c1-3-11(14)13-16-15-12(17-13)8-10-7-5-4-6-9(10)2/h4-7,11H,3,8H2,1-2H3. The Balaban J connectivity index is 2.14. The van der Waals surface area contributed by atoms with Crippen LogP contribution in [0.2, 0.25) is 0 Å². The number of aryl methyl sites for hydroxylation is 1. The maximum Gasteiger partial charge on any atom is 0.131 e. The Morgan fingerprint density at radius 1 is 1.29 bits per heavy atom. The van der Waals surface area contributed by atoms with Crippen LogP contribution in [0.3, 0.4) is 0 Å². The first kappa shape index (κ1) is 12.7. The Morgan fingerprint density at radius 3 is 2.76 bits per heavy atom. The summed E-state index contributed by atoms with van der Waals surface area (Å²) in [6, 6.07) is 8.43. The molecule has 0 spiro atoms. The molecular weight excluding hydrogens is 296 g/mol. The van der Waals surface area contributed by atoms with Crippen molar-refractivity contribution in [2.75, 3.05) is 0 Å². The Labute approximate surface area is 114 Å². The number of hydrogen-bond acceptors (Lipinski definition) is 3. The molecule has 0 amide bonds. The minimum Gasteiger partial charge on any atom is -0.143 e. The lowest BCUT2D eigenvalue weighted by atomic mass is 10.1. The van der Waals surface area contributed by atoms with E-state index in [2.05, 4.69) is 64.2 Å². The average Bonchev–Trinajstić information content (AvgIpc) is 2.80. The second kappa shape index (κ2) is 5.74. The normalized spacial score (nSPS) is 12.6. The number of nitrogens with zero attached hydrogens (tertiary/aromatic N) is 2. The molecule has 1 aromatic heterocycles. The van der Waals surface area contributed by atoms with Crippen molar-refractivity contribution in [2.45, 2.75) is 31.5 Å². The molecule has 0 aliphatic carbocycles. The van der Waals surface area contributed by atoms with Gasteiger partial charge in [0.25, 0.3) is 0 Å². The van der Waals surface area contributed by atoms with Crippen molar-refractivity contribution in [1.29, 1.82) is 0 Å². The molecule has 0 aliphatic rings. The molecule has 1 unspecified atom stereocenters. The SMILES string of the molecule is CCC(Br)c1nnc(Cc2ccccc2C)s1. The van der Waals surface area contributed by atoms with Crippen LogP contribution >= 0.6 is 27.3 Å². The van der Waals surface area contributed by atoms with Gasteiger partial charge >= 0.3 is 0 Å². The summed E-state index contributed by atoms with van der Waals surface area (Å²) >= 11 is 5.31. The molecule has 2 rings (SSSR count). The van der Waals surface area contributed by atoms with E-state index in [1.807, 2.05) is 0 Å². The van der Waals surface area contributed by atoms with Crippen molar-refractivity contribution in [3.05, 3.63) is 45.4 Å². The molecule has 2 aromatic rings. The van der Waals surface area contributed by atoms with Crippen molar-refractivity contribution in [3.8, 4) is 0 Å². The van der Waals surface area contributed by atoms with Crippen molar-refractivity contribution in [1.82, 2.24) is 10.2 Å². The van der Waals surface area contributed by atoms with Gasteiger partial charge in [-0.25, -0.2) is 0 Å². The third-order valence-corrected chi connectivity index (χ3v) is 5.13. The summed E-state index contributed by atoms with van der Waals surface area (Å²) in [4.78, 5) is 0.339. The quantitative estimate of drug-likeness (QED) is 0.788. The van der Waals surface area contributed by atoms with Gasteiger partial charge in [0.05, 0.1) is 4.83 Å². The van der Waals surface area contributed by atoms with Gasteiger partial charge in [-0.2, -0.15) is 0 Å². The van der Waals surface area contributed by atoms with Gasteiger partial charge in [-0.05, 0) is 24.5 Å². The molecule has 0 saturated carbocycles. The molecule has 0 bridgehead atoms. The lowest BCUT2D eigenvalue weighted by Gasteiger charge is -2.01. The van der Waals surface area contributed by atoms with Crippen LogP contribution in [0.5, 0.6) is 0 Å². The lowest BCUT2D eigenvalue weighted by molar-refractivity contribution is 0.861. The molecule has 0 aliphatic heterocycles. The summed E-state index contributed by atoms with van der Waals surface area (Å²) < 4.78 is 0. The molecule has 0 radical (unpaired) electrons. The zero-order chi connectivity index (χ0) is 12.3. The molecule has 2 nitrogen and oxygen atoms in total. The van der Waals surface area contributed by atoms with Crippen LogP contribution in [0.15, 0.2) is 24.3 Å². The fraction of sp³-hybridized carbons (Fsp3) is 0.385. The minimum atomic E-state index is 0.339. The Morgan fingerprint density at radius 2 is 2.06 bits per heavy atom. The van der Waals surface area contributed by atoms with Crippen LogP contribution in [-0.4, -0.2) is 10.2 Å². The molecule has 1 atom stereocenters. The van der Waals surface area contributed by atoms with E-state index < -0.39 is 0 Å². The minimum absolute atomic E-state index is 0.339. The van der Waals surface area contributed by atoms with Gasteiger partial charge in [0, 0.05) is 6.42 Å².